The Kier molecular flexibility index (Phi) is 6.68. The van der Waals surface area contributed by atoms with Gasteiger partial charge in [0.25, 0.3) is 0 Å². The van der Waals surface area contributed by atoms with Gasteiger partial charge in [0.05, 0.1) is 6.61 Å². The van der Waals surface area contributed by atoms with E-state index >= 15 is 0 Å². The second-order valence-corrected chi connectivity index (χ2v) is 5.21. The van der Waals surface area contributed by atoms with E-state index in [1.54, 1.807) is 26.0 Å². The van der Waals surface area contributed by atoms with Gasteiger partial charge < -0.3 is 9.84 Å². The van der Waals surface area contributed by atoms with Gasteiger partial charge in [0.15, 0.2) is 0 Å². The molecule has 0 heterocycles. The average Bonchev–Trinajstić information content (AvgIpc) is 2.44. The third-order valence-corrected chi connectivity index (χ3v) is 3.34. The predicted octanol–water partition coefficient (Wildman–Crippen LogP) is 3.94. The standard InChI is InChI=1S/C16H19BrO3/c1-4-12(10-11(3)16(19)20-5-2)15(18)13-6-8-14(17)9-7-13/h4,6-10,15,18H,5H2,1-3H3/b11-10+,12-4-. The van der Waals surface area contributed by atoms with Crippen molar-refractivity contribution < 1.29 is 14.6 Å². The summed E-state index contributed by atoms with van der Waals surface area (Å²) in [6.07, 6.45) is 2.68. The van der Waals surface area contributed by atoms with Crippen molar-refractivity contribution in [2.45, 2.75) is 26.9 Å². The molecule has 0 bridgehead atoms. The molecule has 4 heteroatoms. The monoisotopic (exact) mass is 338 g/mol. The minimum atomic E-state index is -0.766. The maximum absolute atomic E-state index is 11.6. The van der Waals surface area contributed by atoms with Gasteiger partial charge in [-0.15, -0.1) is 0 Å². The highest BCUT2D eigenvalue weighted by atomic mass is 79.9. The normalized spacial score (nSPS) is 14.1. The number of rotatable bonds is 5. The first-order valence-corrected chi connectivity index (χ1v) is 7.24. The highest BCUT2D eigenvalue weighted by Crippen LogP contribution is 2.25. The van der Waals surface area contributed by atoms with Crippen LogP contribution in [0, 0.1) is 0 Å². The molecule has 0 fully saturated rings. The van der Waals surface area contributed by atoms with Gasteiger partial charge in [0.2, 0.25) is 0 Å². The molecule has 0 saturated carbocycles. The second kappa shape index (κ2) is 8.02. The maximum atomic E-state index is 11.6. The SMILES string of the molecule is C/C=C(/C=C(\C)C(=O)OCC)C(O)c1ccc(Br)cc1. The van der Waals surface area contributed by atoms with E-state index < -0.39 is 6.10 Å². The van der Waals surface area contributed by atoms with Crippen molar-refractivity contribution in [2.75, 3.05) is 6.61 Å². The predicted molar refractivity (Wildman–Crippen MR) is 83.2 cm³/mol. The van der Waals surface area contributed by atoms with Crippen LogP contribution in [-0.4, -0.2) is 17.7 Å². The molecule has 20 heavy (non-hydrogen) atoms. The summed E-state index contributed by atoms with van der Waals surface area (Å²) < 4.78 is 5.88. The summed E-state index contributed by atoms with van der Waals surface area (Å²) in [4.78, 5) is 11.6. The van der Waals surface area contributed by atoms with Crippen molar-refractivity contribution in [3.05, 3.63) is 57.6 Å². The van der Waals surface area contributed by atoms with Crippen LogP contribution in [0.15, 0.2) is 52.0 Å². The minimum Gasteiger partial charge on any atom is -0.463 e. The van der Waals surface area contributed by atoms with Crippen molar-refractivity contribution in [1.82, 2.24) is 0 Å². The van der Waals surface area contributed by atoms with Crippen molar-refractivity contribution >= 4 is 21.9 Å². The molecule has 0 aliphatic heterocycles. The summed E-state index contributed by atoms with van der Waals surface area (Å²) in [6.45, 7) is 5.60. The number of allylic oxidation sites excluding steroid dienone is 1. The Morgan fingerprint density at radius 1 is 1.40 bits per heavy atom. The molecule has 0 aromatic heterocycles. The van der Waals surface area contributed by atoms with E-state index in [2.05, 4.69) is 15.9 Å². The van der Waals surface area contributed by atoms with Crippen molar-refractivity contribution in [3.63, 3.8) is 0 Å². The number of aliphatic hydroxyl groups is 1. The van der Waals surface area contributed by atoms with Crippen molar-refractivity contribution in [1.29, 1.82) is 0 Å². The number of halogens is 1. The fourth-order valence-electron chi connectivity index (χ4n) is 1.71. The van der Waals surface area contributed by atoms with E-state index in [-0.39, 0.29) is 5.97 Å². The number of carbonyl (C=O) groups excluding carboxylic acids is 1. The number of carbonyl (C=O) groups is 1. The zero-order chi connectivity index (χ0) is 15.1. The van der Waals surface area contributed by atoms with Crippen molar-refractivity contribution in [3.8, 4) is 0 Å². The van der Waals surface area contributed by atoms with Gasteiger partial charge in [0, 0.05) is 10.0 Å². The van der Waals surface area contributed by atoms with E-state index in [0.717, 1.165) is 10.0 Å². The lowest BCUT2D eigenvalue weighted by Crippen LogP contribution is -2.07. The number of hydrogen-bond acceptors (Lipinski definition) is 3. The van der Waals surface area contributed by atoms with Crippen LogP contribution in [-0.2, 0) is 9.53 Å². The third-order valence-electron chi connectivity index (χ3n) is 2.82. The molecule has 108 valence electrons. The van der Waals surface area contributed by atoms with Crippen LogP contribution in [0.2, 0.25) is 0 Å². The summed E-state index contributed by atoms with van der Waals surface area (Å²) in [5, 5.41) is 10.4. The quantitative estimate of drug-likeness (QED) is 0.502. The third kappa shape index (κ3) is 4.62. The molecular weight excluding hydrogens is 320 g/mol. The van der Waals surface area contributed by atoms with Gasteiger partial charge >= 0.3 is 5.97 Å². The summed E-state index contributed by atoms with van der Waals surface area (Å²) in [7, 11) is 0. The van der Waals surface area contributed by atoms with Crippen LogP contribution in [0.3, 0.4) is 0 Å². The molecule has 1 aromatic carbocycles. The first kappa shape index (κ1) is 16.7. The van der Waals surface area contributed by atoms with E-state index in [1.165, 1.54) is 0 Å². The van der Waals surface area contributed by atoms with Crippen molar-refractivity contribution in [2.24, 2.45) is 0 Å². The van der Waals surface area contributed by atoms with Gasteiger partial charge in [-0.2, -0.15) is 0 Å². The highest BCUT2D eigenvalue weighted by molar-refractivity contribution is 9.10. The summed E-state index contributed by atoms with van der Waals surface area (Å²) in [5.74, 6) is -0.366. The van der Waals surface area contributed by atoms with E-state index in [1.807, 2.05) is 31.2 Å². The fourth-order valence-corrected chi connectivity index (χ4v) is 1.98. The molecule has 0 radical (unpaired) electrons. The number of hydrogen-bond donors (Lipinski definition) is 1. The Morgan fingerprint density at radius 3 is 2.50 bits per heavy atom. The molecule has 1 unspecified atom stereocenters. The number of esters is 1. The van der Waals surface area contributed by atoms with Crippen LogP contribution >= 0.6 is 15.9 Å². The van der Waals surface area contributed by atoms with Gasteiger partial charge in [-0.25, -0.2) is 4.79 Å². The maximum Gasteiger partial charge on any atom is 0.333 e. The average molecular weight is 339 g/mol. The zero-order valence-corrected chi connectivity index (χ0v) is 13.5. The molecule has 0 amide bonds. The van der Waals surface area contributed by atoms with E-state index in [4.69, 9.17) is 4.74 Å². The van der Waals surface area contributed by atoms with E-state index in [9.17, 15) is 9.90 Å². The molecule has 1 atom stereocenters. The van der Waals surface area contributed by atoms with E-state index in [0.29, 0.717) is 17.8 Å². The lowest BCUT2D eigenvalue weighted by Gasteiger charge is -2.13. The van der Waals surface area contributed by atoms with Crippen LogP contribution < -0.4 is 0 Å². The first-order valence-electron chi connectivity index (χ1n) is 6.44. The fraction of sp³-hybridized carbons (Fsp3) is 0.312. The molecule has 1 rings (SSSR count). The Balaban J connectivity index is 2.94. The molecule has 1 aromatic rings. The summed E-state index contributed by atoms with van der Waals surface area (Å²) in [5.41, 5.74) is 1.91. The molecule has 0 saturated heterocycles. The summed E-state index contributed by atoms with van der Waals surface area (Å²) in [6, 6.07) is 7.42. The molecule has 3 nitrogen and oxygen atoms in total. The van der Waals surface area contributed by atoms with Gasteiger partial charge in [-0.3, -0.25) is 0 Å². The first-order chi connectivity index (χ1) is 9.49. The van der Waals surface area contributed by atoms with Gasteiger partial charge in [0.1, 0.15) is 6.10 Å². The molecule has 0 aliphatic rings. The van der Waals surface area contributed by atoms with Crippen LogP contribution in [0.4, 0.5) is 0 Å². The van der Waals surface area contributed by atoms with Crippen LogP contribution in [0.1, 0.15) is 32.4 Å². The Labute approximate surface area is 128 Å². The number of ether oxygens (including phenoxy) is 1. The number of aliphatic hydroxyl groups excluding tert-OH is 1. The van der Waals surface area contributed by atoms with Gasteiger partial charge in [-0.1, -0.05) is 34.1 Å². The largest absolute Gasteiger partial charge is 0.463 e. The Morgan fingerprint density at radius 2 is 2.00 bits per heavy atom. The van der Waals surface area contributed by atoms with Crippen LogP contribution in [0.25, 0.3) is 0 Å². The summed E-state index contributed by atoms with van der Waals surface area (Å²) >= 11 is 3.36. The molecule has 0 spiro atoms. The minimum absolute atomic E-state index is 0.338. The molecule has 0 aliphatic carbocycles. The zero-order valence-electron chi connectivity index (χ0n) is 11.9. The van der Waals surface area contributed by atoms with Gasteiger partial charge in [-0.05, 0) is 50.1 Å². The Hall–Kier alpha value is -1.39. The highest BCUT2D eigenvalue weighted by Gasteiger charge is 2.13. The molecular formula is C16H19BrO3. The Bertz CT molecular complexity index is 515. The topological polar surface area (TPSA) is 46.5 Å². The van der Waals surface area contributed by atoms with Crippen LogP contribution in [0.5, 0.6) is 0 Å². The number of benzene rings is 1. The smallest absolute Gasteiger partial charge is 0.333 e. The lowest BCUT2D eigenvalue weighted by atomic mass is 9.99. The lowest BCUT2D eigenvalue weighted by molar-refractivity contribution is -0.138. The molecule has 1 N–H and O–H groups in total. The second-order valence-electron chi connectivity index (χ2n) is 4.29.